The van der Waals surface area contributed by atoms with Crippen LogP contribution in [0.15, 0.2) is 29.1 Å². The second-order valence-corrected chi connectivity index (χ2v) is 6.06. The van der Waals surface area contributed by atoms with Gasteiger partial charge in [-0.1, -0.05) is 6.07 Å². The molecule has 0 aliphatic carbocycles. The SMILES string of the molecule is CCOC(=O)CCc1c(C)c2c(C)nn(-c3cccc(F)c3)c2[nH]c1=O. The van der Waals surface area contributed by atoms with E-state index in [1.54, 1.807) is 19.1 Å². The number of nitrogens with one attached hydrogen (secondary N) is 1. The minimum Gasteiger partial charge on any atom is -0.466 e. The van der Waals surface area contributed by atoms with Crippen LogP contribution in [0, 0.1) is 19.7 Å². The van der Waals surface area contributed by atoms with Crippen molar-refractivity contribution in [3.8, 4) is 5.69 Å². The fraction of sp³-hybridized carbons (Fsp3) is 0.316. The molecule has 0 spiro atoms. The summed E-state index contributed by atoms with van der Waals surface area (Å²) in [6, 6.07) is 6.02. The topological polar surface area (TPSA) is 77.0 Å². The van der Waals surface area contributed by atoms with Crippen molar-refractivity contribution in [1.29, 1.82) is 0 Å². The molecule has 3 rings (SSSR count). The quantitative estimate of drug-likeness (QED) is 0.712. The Bertz CT molecular complexity index is 1040. The minimum absolute atomic E-state index is 0.139. The van der Waals surface area contributed by atoms with Crippen LogP contribution in [0.1, 0.15) is 30.2 Å². The third-order valence-electron chi connectivity index (χ3n) is 4.33. The summed E-state index contributed by atoms with van der Waals surface area (Å²) < 4.78 is 20.0. The molecule has 1 aromatic carbocycles. The molecule has 6 nitrogen and oxygen atoms in total. The average molecular weight is 357 g/mol. The van der Waals surface area contributed by atoms with Crippen molar-refractivity contribution in [3.05, 3.63) is 57.3 Å². The third kappa shape index (κ3) is 3.24. The van der Waals surface area contributed by atoms with Gasteiger partial charge in [0, 0.05) is 17.4 Å². The maximum absolute atomic E-state index is 13.6. The molecule has 7 heteroatoms. The first-order valence-electron chi connectivity index (χ1n) is 8.45. The summed E-state index contributed by atoms with van der Waals surface area (Å²) in [5, 5.41) is 5.26. The molecule has 0 amide bonds. The van der Waals surface area contributed by atoms with Gasteiger partial charge in [0.25, 0.3) is 5.56 Å². The molecule has 2 heterocycles. The van der Waals surface area contributed by atoms with Gasteiger partial charge in [-0.15, -0.1) is 0 Å². The molecule has 2 aromatic heterocycles. The molecule has 0 bridgehead atoms. The van der Waals surface area contributed by atoms with E-state index in [1.165, 1.54) is 16.8 Å². The molecule has 0 unspecified atom stereocenters. The zero-order valence-corrected chi connectivity index (χ0v) is 14.9. The molecule has 0 radical (unpaired) electrons. The first kappa shape index (κ1) is 17.8. The number of hydrogen-bond donors (Lipinski definition) is 1. The van der Waals surface area contributed by atoms with Crippen molar-refractivity contribution in [1.82, 2.24) is 14.8 Å². The number of hydrogen-bond acceptors (Lipinski definition) is 4. The third-order valence-corrected chi connectivity index (χ3v) is 4.33. The van der Waals surface area contributed by atoms with Crippen LogP contribution in [0.25, 0.3) is 16.7 Å². The Hall–Kier alpha value is -2.96. The summed E-state index contributed by atoms with van der Waals surface area (Å²) in [4.78, 5) is 27.0. The smallest absolute Gasteiger partial charge is 0.306 e. The second kappa shape index (κ2) is 7.11. The molecule has 0 aliphatic rings. The van der Waals surface area contributed by atoms with E-state index in [9.17, 15) is 14.0 Å². The highest BCUT2D eigenvalue weighted by atomic mass is 19.1. The highest BCUT2D eigenvalue weighted by Gasteiger charge is 2.18. The fourth-order valence-electron chi connectivity index (χ4n) is 3.15. The van der Waals surface area contributed by atoms with Crippen molar-refractivity contribution in [2.75, 3.05) is 6.61 Å². The van der Waals surface area contributed by atoms with Gasteiger partial charge in [-0.3, -0.25) is 9.59 Å². The number of aryl methyl sites for hydroxylation is 2. The largest absolute Gasteiger partial charge is 0.466 e. The molecule has 0 saturated carbocycles. The summed E-state index contributed by atoms with van der Waals surface area (Å²) in [6.45, 7) is 5.72. The maximum Gasteiger partial charge on any atom is 0.306 e. The van der Waals surface area contributed by atoms with Crippen molar-refractivity contribution in [2.45, 2.75) is 33.6 Å². The van der Waals surface area contributed by atoms with E-state index >= 15 is 0 Å². The Kier molecular flexibility index (Phi) is 4.88. The summed E-state index contributed by atoms with van der Waals surface area (Å²) in [6.07, 6.45) is 0.431. The highest BCUT2D eigenvalue weighted by molar-refractivity contribution is 5.84. The van der Waals surface area contributed by atoms with Gasteiger partial charge in [0.05, 0.1) is 18.0 Å². The molecule has 136 valence electrons. The van der Waals surface area contributed by atoms with Gasteiger partial charge in [0.15, 0.2) is 0 Å². The van der Waals surface area contributed by atoms with Crippen LogP contribution in [0.5, 0.6) is 0 Å². The number of rotatable bonds is 5. The highest BCUT2D eigenvalue weighted by Crippen LogP contribution is 2.24. The minimum atomic E-state index is -0.381. The van der Waals surface area contributed by atoms with Gasteiger partial charge in [-0.2, -0.15) is 5.10 Å². The maximum atomic E-state index is 13.6. The van der Waals surface area contributed by atoms with Crippen LogP contribution in [-0.2, 0) is 16.0 Å². The predicted molar refractivity (Wildman–Crippen MR) is 96.1 cm³/mol. The monoisotopic (exact) mass is 357 g/mol. The number of pyridine rings is 1. The molecule has 26 heavy (non-hydrogen) atoms. The Morgan fingerprint density at radius 1 is 1.35 bits per heavy atom. The van der Waals surface area contributed by atoms with Gasteiger partial charge in [-0.05, 0) is 51.0 Å². The van der Waals surface area contributed by atoms with Crippen LogP contribution in [0.2, 0.25) is 0 Å². The van der Waals surface area contributed by atoms with Crippen LogP contribution in [0.4, 0.5) is 4.39 Å². The number of carbonyl (C=O) groups is 1. The van der Waals surface area contributed by atoms with Gasteiger partial charge < -0.3 is 9.72 Å². The number of aromatic amines is 1. The molecular formula is C19H20FN3O3. The summed E-state index contributed by atoms with van der Waals surface area (Å²) in [5.41, 5.74) is 2.78. The molecule has 0 fully saturated rings. The van der Waals surface area contributed by atoms with E-state index in [1.807, 2.05) is 13.8 Å². The molecule has 1 N–H and O–H groups in total. The van der Waals surface area contributed by atoms with Gasteiger partial charge in [0.2, 0.25) is 0 Å². The molecular weight excluding hydrogens is 337 g/mol. The molecule has 0 atom stereocenters. The lowest BCUT2D eigenvalue weighted by Crippen LogP contribution is -2.18. The lowest BCUT2D eigenvalue weighted by atomic mass is 10.0. The van der Waals surface area contributed by atoms with E-state index in [0.29, 0.717) is 29.9 Å². The zero-order chi connectivity index (χ0) is 18.8. The van der Waals surface area contributed by atoms with E-state index in [0.717, 1.165) is 16.6 Å². The second-order valence-electron chi connectivity index (χ2n) is 6.06. The summed E-state index contributed by atoms with van der Waals surface area (Å²) >= 11 is 0. The van der Waals surface area contributed by atoms with Gasteiger partial charge in [-0.25, -0.2) is 9.07 Å². The summed E-state index contributed by atoms with van der Waals surface area (Å²) in [5.74, 6) is -0.715. The Morgan fingerprint density at radius 3 is 2.81 bits per heavy atom. The lowest BCUT2D eigenvalue weighted by molar-refractivity contribution is -0.143. The average Bonchev–Trinajstić information content (AvgIpc) is 2.91. The van der Waals surface area contributed by atoms with Crippen molar-refractivity contribution in [3.63, 3.8) is 0 Å². The van der Waals surface area contributed by atoms with Crippen molar-refractivity contribution >= 4 is 17.0 Å². The number of fused-ring (bicyclic) bond motifs is 1. The number of aromatic nitrogens is 3. The number of carbonyl (C=O) groups excluding carboxylic acids is 1. The predicted octanol–water partition coefficient (Wildman–Crippen LogP) is 2.97. The number of halogens is 1. The lowest BCUT2D eigenvalue weighted by Gasteiger charge is -2.08. The van der Waals surface area contributed by atoms with E-state index in [2.05, 4.69) is 10.1 Å². The Labute approximate surface area is 149 Å². The molecule has 3 aromatic rings. The number of ether oxygens (including phenoxy) is 1. The van der Waals surface area contributed by atoms with E-state index in [4.69, 9.17) is 4.74 Å². The van der Waals surface area contributed by atoms with Gasteiger partial charge in [0.1, 0.15) is 11.5 Å². The zero-order valence-electron chi connectivity index (χ0n) is 14.9. The fourth-order valence-corrected chi connectivity index (χ4v) is 3.15. The normalized spacial score (nSPS) is 11.1. The molecule has 0 aliphatic heterocycles. The van der Waals surface area contributed by atoms with Crippen molar-refractivity contribution < 1.29 is 13.9 Å². The van der Waals surface area contributed by atoms with Crippen LogP contribution >= 0.6 is 0 Å². The standard InChI is InChI=1S/C19H20FN3O3/c1-4-26-16(24)9-8-15-11(2)17-12(3)22-23(18(17)21-19(15)25)14-7-5-6-13(20)10-14/h5-7,10H,4,8-9H2,1-3H3,(H,21,25). The van der Waals surface area contributed by atoms with Gasteiger partial charge >= 0.3 is 5.97 Å². The van der Waals surface area contributed by atoms with E-state index < -0.39 is 0 Å². The number of nitrogens with zero attached hydrogens (tertiary/aromatic N) is 2. The first-order valence-corrected chi connectivity index (χ1v) is 8.45. The number of H-pyrrole nitrogens is 1. The van der Waals surface area contributed by atoms with Crippen LogP contribution in [-0.4, -0.2) is 27.3 Å². The Morgan fingerprint density at radius 2 is 2.12 bits per heavy atom. The van der Waals surface area contributed by atoms with Crippen molar-refractivity contribution in [2.24, 2.45) is 0 Å². The number of benzene rings is 1. The molecule has 0 saturated heterocycles. The first-order chi connectivity index (χ1) is 12.4. The van der Waals surface area contributed by atoms with Crippen LogP contribution in [0.3, 0.4) is 0 Å². The number of esters is 1. The van der Waals surface area contributed by atoms with E-state index in [-0.39, 0.29) is 23.8 Å². The summed E-state index contributed by atoms with van der Waals surface area (Å²) in [7, 11) is 0. The van der Waals surface area contributed by atoms with Crippen LogP contribution < -0.4 is 5.56 Å². The Balaban J connectivity index is 2.09.